The van der Waals surface area contributed by atoms with Crippen LogP contribution in [0.4, 0.5) is 0 Å². The molecule has 144 valence electrons. The highest BCUT2D eigenvalue weighted by atomic mass is 79.9. The predicted molar refractivity (Wildman–Crippen MR) is 108 cm³/mol. The minimum Gasteiger partial charge on any atom is -0.440 e. The molecule has 6 nitrogen and oxygen atoms in total. The van der Waals surface area contributed by atoms with E-state index < -0.39 is 5.92 Å². The molecule has 0 amide bonds. The summed E-state index contributed by atoms with van der Waals surface area (Å²) in [5.74, 6) is -0.150. The number of hydrogen-bond donors (Lipinski definition) is 1. The van der Waals surface area contributed by atoms with Crippen molar-refractivity contribution in [3.05, 3.63) is 73.4 Å². The molecule has 1 fully saturated rings. The van der Waals surface area contributed by atoms with E-state index in [1.165, 1.54) is 0 Å². The maximum atomic E-state index is 13.5. The second kappa shape index (κ2) is 7.46. The predicted octanol–water partition coefficient (Wildman–Crippen LogP) is 3.32. The third kappa shape index (κ3) is 3.13. The Balaban J connectivity index is 1.92. The topological polar surface area (TPSA) is 90.3 Å². The van der Waals surface area contributed by atoms with E-state index in [-0.39, 0.29) is 23.1 Å². The Bertz CT molecular complexity index is 1060. The first-order valence-electron chi connectivity index (χ1n) is 9.19. The van der Waals surface area contributed by atoms with E-state index in [1.54, 1.807) is 4.57 Å². The number of aromatic nitrogens is 1. The van der Waals surface area contributed by atoms with Crippen LogP contribution in [0.15, 0.2) is 51.1 Å². The standard InChI is InChI=1S/C21H20BrN3O3/c1-12-9-17-19(21(26)25(12)11-13-5-4-8-27-13)18(15(10-23)20(24)28-17)14-6-2-3-7-16(14)22/h2-3,6-7,9,13,18H,4-5,8,11,24H2,1H3/t13-,18-/m0/s1. The summed E-state index contributed by atoms with van der Waals surface area (Å²) in [7, 11) is 0. The number of benzene rings is 1. The van der Waals surface area contributed by atoms with Gasteiger partial charge in [-0.25, -0.2) is 0 Å². The quantitative estimate of drug-likeness (QED) is 0.788. The van der Waals surface area contributed by atoms with E-state index in [4.69, 9.17) is 15.2 Å². The molecule has 2 N–H and O–H groups in total. The van der Waals surface area contributed by atoms with Crippen molar-refractivity contribution in [1.82, 2.24) is 4.57 Å². The Morgan fingerprint density at radius 3 is 2.86 bits per heavy atom. The van der Waals surface area contributed by atoms with Gasteiger partial charge in [-0.05, 0) is 31.4 Å². The van der Waals surface area contributed by atoms with Crippen LogP contribution in [0.3, 0.4) is 0 Å². The Kier molecular flexibility index (Phi) is 5.00. The van der Waals surface area contributed by atoms with Gasteiger partial charge in [0.05, 0.1) is 24.1 Å². The highest BCUT2D eigenvalue weighted by molar-refractivity contribution is 9.10. The van der Waals surface area contributed by atoms with Crippen molar-refractivity contribution in [2.24, 2.45) is 5.73 Å². The normalized spacial score (nSPS) is 21.2. The number of allylic oxidation sites excluding steroid dienone is 1. The fourth-order valence-electron chi connectivity index (χ4n) is 3.93. The summed E-state index contributed by atoms with van der Waals surface area (Å²) < 4.78 is 13.9. The van der Waals surface area contributed by atoms with Crippen molar-refractivity contribution < 1.29 is 9.47 Å². The van der Waals surface area contributed by atoms with Crippen molar-refractivity contribution in [2.75, 3.05) is 6.61 Å². The van der Waals surface area contributed by atoms with Crippen LogP contribution >= 0.6 is 15.9 Å². The molecule has 0 saturated carbocycles. The summed E-state index contributed by atoms with van der Waals surface area (Å²) in [6.45, 7) is 3.08. The molecule has 0 radical (unpaired) electrons. The van der Waals surface area contributed by atoms with Crippen LogP contribution < -0.4 is 16.0 Å². The smallest absolute Gasteiger partial charge is 0.258 e. The number of aryl methyl sites for hydroxylation is 1. The lowest BCUT2D eigenvalue weighted by Crippen LogP contribution is -2.35. The number of ether oxygens (including phenoxy) is 2. The van der Waals surface area contributed by atoms with Crippen molar-refractivity contribution >= 4 is 15.9 Å². The van der Waals surface area contributed by atoms with Gasteiger partial charge in [-0.2, -0.15) is 5.26 Å². The van der Waals surface area contributed by atoms with Gasteiger partial charge >= 0.3 is 0 Å². The fraction of sp³-hybridized carbons (Fsp3) is 0.333. The summed E-state index contributed by atoms with van der Waals surface area (Å²) in [6.07, 6.45) is 1.96. The van der Waals surface area contributed by atoms with Gasteiger partial charge in [0, 0.05) is 22.8 Å². The molecule has 2 aromatic rings. The molecular formula is C21H20BrN3O3. The SMILES string of the molecule is Cc1cc2c(c(=O)n1C[C@@H]1CCCO1)[C@@H](c1ccccc1Br)C(C#N)=C(N)O2. The molecular weight excluding hydrogens is 422 g/mol. The van der Waals surface area contributed by atoms with Crippen LogP contribution in [0.25, 0.3) is 0 Å². The van der Waals surface area contributed by atoms with Crippen LogP contribution in [0.5, 0.6) is 5.75 Å². The zero-order chi connectivity index (χ0) is 19.8. The summed E-state index contributed by atoms with van der Waals surface area (Å²) in [4.78, 5) is 13.5. The molecule has 28 heavy (non-hydrogen) atoms. The largest absolute Gasteiger partial charge is 0.440 e. The lowest BCUT2D eigenvalue weighted by Gasteiger charge is -2.28. The first-order valence-corrected chi connectivity index (χ1v) is 9.98. The van der Waals surface area contributed by atoms with E-state index in [0.29, 0.717) is 17.9 Å². The summed E-state index contributed by atoms with van der Waals surface area (Å²) in [6, 6.07) is 11.5. The summed E-state index contributed by atoms with van der Waals surface area (Å²) >= 11 is 3.55. The molecule has 0 spiro atoms. The number of fused-ring (bicyclic) bond motifs is 1. The monoisotopic (exact) mass is 441 g/mol. The lowest BCUT2D eigenvalue weighted by atomic mass is 9.84. The van der Waals surface area contributed by atoms with Crippen molar-refractivity contribution in [2.45, 2.75) is 38.3 Å². The average Bonchev–Trinajstić information content (AvgIpc) is 3.18. The maximum Gasteiger partial charge on any atom is 0.258 e. The lowest BCUT2D eigenvalue weighted by molar-refractivity contribution is 0.0955. The molecule has 2 aliphatic rings. The van der Waals surface area contributed by atoms with Gasteiger partial charge in [-0.3, -0.25) is 4.79 Å². The van der Waals surface area contributed by atoms with Gasteiger partial charge in [-0.15, -0.1) is 0 Å². The number of hydrogen-bond acceptors (Lipinski definition) is 5. The molecule has 4 rings (SSSR count). The average molecular weight is 442 g/mol. The van der Waals surface area contributed by atoms with Crippen molar-refractivity contribution in [3.8, 4) is 11.8 Å². The number of rotatable bonds is 3. The molecule has 1 aromatic carbocycles. The first-order chi connectivity index (χ1) is 13.5. The van der Waals surface area contributed by atoms with E-state index >= 15 is 0 Å². The summed E-state index contributed by atoms with van der Waals surface area (Å²) in [5.41, 5.74) is 8.12. The fourth-order valence-corrected chi connectivity index (χ4v) is 4.44. The molecule has 3 heterocycles. The Morgan fingerprint density at radius 1 is 1.39 bits per heavy atom. The Hall–Kier alpha value is -2.56. The van der Waals surface area contributed by atoms with Gasteiger partial charge < -0.3 is 19.8 Å². The Morgan fingerprint density at radius 2 is 2.18 bits per heavy atom. The van der Waals surface area contributed by atoms with Gasteiger partial charge in [0.2, 0.25) is 5.88 Å². The van der Waals surface area contributed by atoms with Crippen LogP contribution in [0.2, 0.25) is 0 Å². The Labute approximate surface area is 171 Å². The van der Waals surface area contributed by atoms with Gasteiger partial charge in [-0.1, -0.05) is 34.1 Å². The van der Waals surface area contributed by atoms with Crippen LogP contribution in [-0.4, -0.2) is 17.3 Å². The minimum absolute atomic E-state index is 0.0249. The van der Waals surface area contributed by atoms with Crippen LogP contribution in [0, 0.1) is 18.3 Å². The van der Waals surface area contributed by atoms with E-state index in [2.05, 4.69) is 22.0 Å². The first kappa shape index (κ1) is 18.8. The number of nitrogens with zero attached hydrogens (tertiary/aromatic N) is 2. The molecule has 2 atom stereocenters. The van der Waals surface area contributed by atoms with Crippen molar-refractivity contribution in [1.29, 1.82) is 5.26 Å². The zero-order valence-corrected chi connectivity index (χ0v) is 17.0. The molecule has 1 aromatic heterocycles. The number of nitriles is 1. The molecule has 0 unspecified atom stereocenters. The summed E-state index contributed by atoms with van der Waals surface area (Å²) in [5, 5.41) is 9.74. The maximum absolute atomic E-state index is 13.5. The highest BCUT2D eigenvalue weighted by Gasteiger charge is 2.35. The third-order valence-electron chi connectivity index (χ3n) is 5.32. The van der Waals surface area contributed by atoms with Crippen LogP contribution in [0.1, 0.15) is 35.6 Å². The van der Waals surface area contributed by atoms with Gasteiger partial charge in [0.1, 0.15) is 17.4 Å². The molecule has 7 heteroatoms. The van der Waals surface area contributed by atoms with E-state index in [0.717, 1.165) is 35.2 Å². The van der Waals surface area contributed by atoms with Crippen molar-refractivity contribution in [3.63, 3.8) is 0 Å². The second-order valence-electron chi connectivity index (χ2n) is 7.06. The van der Waals surface area contributed by atoms with E-state index in [1.807, 2.05) is 37.3 Å². The van der Waals surface area contributed by atoms with Gasteiger partial charge in [0.15, 0.2) is 0 Å². The highest BCUT2D eigenvalue weighted by Crippen LogP contribution is 2.42. The molecule has 0 aliphatic carbocycles. The minimum atomic E-state index is -0.590. The molecule has 2 aliphatic heterocycles. The van der Waals surface area contributed by atoms with Gasteiger partial charge in [0.25, 0.3) is 5.56 Å². The van der Waals surface area contributed by atoms with Crippen LogP contribution in [-0.2, 0) is 11.3 Å². The number of pyridine rings is 1. The zero-order valence-electron chi connectivity index (χ0n) is 15.4. The molecule has 1 saturated heterocycles. The second-order valence-corrected chi connectivity index (χ2v) is 7.92. The third-order valence-corrected chi connectivity index (χ3v) is 6.04. The number of nitrogens with two attached hydrogens (primary N) is 1. The van der Waals surface area contributed by atoms with E-state index in [9.17, 15) is 10.1 Å². The number of halogens is 1. The molecule has 0 bridgehead atoms.